The van der Waals surface area contributed by atoms with Gasteiger partial charge in [0.25, 0.3) is 0 Å². The molecule has 78 valence electrons. The van der Waals surface area contributed by atoms with E-state index >= 15 is 0 Å². The molecule has 0 aliphatic heterocycles. The quantitative estimate of drug-likeness (QED) is 0.603. The van der Waals surface area contributed by atoms with E-state index in [2.05, 4.69) is 15.0 Å². The Kier molecular flexibility index (Phi) is 2.08. The van der Waals surface area contributed by atoms with Gasteiger partial charge in [-0.2, -0.15) is 0 Å². The Balaban J connectivity index is 2.29. The van der Waals surface area contributed by atoms with Crippen LogP contribution in [0.1, 0.15) is 0 Å². The number of hydrogen-bond donors (Lipinski definition) is 0. The highest BCUT2D eigenvalue weighted by Crippen LogP contribution is 2.19. The van der Waals surface area contributed by atoms with Crippen LogP contribution in [-0.4, -0.2) is 19.5 Å². The standard InChI is InChI=1S/C11H7ClN4/c12-10-6-9-8(7-15-10)2-5-16(9)11-13-3-1-4-14-11/h1-7H. The lowest BCUT2D eigenvalue weighted by Crippen LogP contribution is -1.97. The average Bonchev–Trinajstić information content (AvgIpc) is 2.73. The first-order chi connectivity index (χ1) is 7.84. The summed E-state index contributed by atoms with van der Waals surface area (Å²) in [5.41, 5.74) is 0.950. The van der Waals surface area contributed by atoms with Crippen LogP contribution in [0, 0.1) is 0 Å². The largest absolute Gasteiger partial charge is 0.285 e. The molecule has 3 aromatic rings. The van der Waals surface area contributed by atoms with Gasteiger partial charge in [-0.15, -0.1) is 0 Å². The smallest absolute Gasteiger partial charge is 0.234 e. The molecule has 3 rings (SSSR count). The zero-order valence-electron chi connectivity index (χ0n) is 8.21. The summed E-state index contributed by atoms with van der Waals surface area (Å²) >= 11 is 5.87. The average molecular weight is 231 g/mol. The van der Waals surface area contributed by atoms with Gasteiger partial charge in [0.1, 0.15) is 5.15 Å². The second kappa shape index (κ2) is 3.57. The summed E-state index contributed by atoms with van der Waals surface area (Å²) in [6.07, 6.45) is 7.04. The fourth-order valence-corrected chi connectivity index (χ4v) is 1.75. The molecule has 0 fully saturated rings. The maximum absolute atomic E-state index is 5.87. The Bertz CT molecular complexity index is 633. The van der Waals surface area contributed by atoms with E-state index in [0.717, 1.165) is 10.9 Å². The summed E-state index contributed by atoms with van der Waals surface area (Å²) < 4.78 is 1.88. The van der Waals surface area contributed by atoms with E-state index in [4.69, 9.17) is 11.6 Å². The van der Waals surface area contributed by atoms with Gasteiger partial charge in [0.05, 0.1) is 5.52 Å². The molecular formula is C11H7ClN4. The molecule has 0 unspecified atom stereocenters. The highest BCUT2D eigenvalue weighted by molar-refractivity contribution is 6.30. The number of halogens is 1. The lowest BCUT2D eigenvalue weighted by molar-refractivity contribution is 0.961. The van der Waals surface area contributed by atoms with E-state index in [0.29, 0.717) is 11.1 Å². The Hall–Kier alpha value is -1.94. The van der Waals surface area contributed by atoms with Crippen molar-refractivity contribution in [2.75, 3.05) is 0 Å². The third kappa shape index (κ3) is 1.44. The molecular weight excluding hydrogens is 224 g/mol. The van der Waals surface area contributed by atoms with Crippen LogP contribution in [-0.2, 0) is 0 Å². The zero-order chi connectivity index (χ0) is 11.0. The highest BCUT2D eigenvalue weighted by Gasteiger charge is 2.05. The Morgan fingerprint density at radius 3 is 2.75 bits per heavy atom. The molecule has 0 N–H and O–H groups in total. The maximum atomic E-state index is 5.87. The van der Waals surface area contributed by atoms with Gasteiger partial charge in [-0.25, -0.2) is 15.0 Å². The topological polar surface area (TPSA) is 43.6 Å². The van der Waals surface area contributed by atoms with Crippen LogP contribution in [0.5, 0.6) is 0 Å². The summed E-state index contributed by atoms with van der Waals surface area (Å²) in [6.45, 7) is 0. The minimum atomic E-state index is 0.461. The minimum absolute atomic E-state index is 0.461. The number of aromatic nitrogens is 4. The van der Waals surface area contributed by atoms with E-state index in [9.17, 15) is 0 Å². The molecule has 0 amide bonds. The van der Waals surface area contributed by atoms with Gasteiger partial charge in [-0.1, -0.05) is 11.6 Å². The fraction of sp³-hybridized carbons (Fsp3) is 0. The van der Waals surface area contributed by atoms with Crippen molar-refractivity contribution < 1.29 is 0 Å². The first-order valence-electron chi connectivity index (χ1n) is 4.74. The molecule has 4 nitrogen and oxygen atoms in total. The maximum Gasteiger partial charge on any atom is 0.234 e. The fourth-order valence-electron chi connectivity index (χ4n) is 1.59. The second-order valence-corrected chi connectivity index (χ2v) is 3.69. The first kappa shape index (κ1) is 9.30. The molecule has 0 atom stereocenters. The van der Waals surface area contributed by atoms with Crippen LogP contribution >= 0.6 is 11.6 Å². The van der Waals surface area contributed by atoms with Crippen molar-refractivity contribution in [1.82, 2.24) is 19.5 Å². The Morgan fingerprint density at radius 1 is 1.12 bits per heavy atom. The number of hydrogen-bond acceptors (Lipinski definition) is 3. The molecule has 3 aromatic heterocycles. The summed E-state index contributed by atoms with van der Waals surface area (Å²) in [4.78, 5) is 12.4. The van der Waals surface area contributed by atoms with E-state index in [1.807, 2.05) is 16.8 Å². The molecule has 3 heterocycles. The van der Waals surface area contributed by atoms with Gasteiger partial charge in [-0.3, -0.25) is 4.57 Å². The van der Waals surface area contributed by atoms with Gasteiger partial charge < -0.3 is 0 Å². The first-order valence-corrected chi connectivity index (χ1v) is 5.12. The highest BCUT2D eigenvalue weighted by atomic mass is 35.5. The van der Waals surface area contributed by atoms with E-state index in [1.165, 1.54) is 0 Å². The van der Waals surface area contributed by atoms with Crippen LogP contribution in [0.4, 0.5) is 0 Å². The molecule has 0 saturated heterocycles. The Labute approximate surface area is 96.6 Å². The van der Waals surface area contributed by atoms with Crippen molar-refractivity contribution in [1.29, 1.82) is 0 Å². The van der Waals surface area contributed by atoms with Crippen molar-refractivity contribution in [3.8, 4) is 5.95 Å². The van der Waals surface area contributed by atoms with Gasteiger partial charge in [0.2, 0.25) is 5.95 Å². The third-order valence-electron chi connectivity index (χ3n) is 2.31. The van der Waals surface area contributed by atoms with Crippen molar-refractivity contribution in [2.24, 2.45) is 0 Å². The van der Waals surface area contributed by atoms with Gasteiger partial charge in [-0.05, 0) is 12.1 Å². The van der Waals surface area contributed by atoms with Crippen LogP contribution in [0.2, 0.25) is 5.15 Å². The number of rotatable bonds is 1. The van der Waals surface area contributed by atoms with E-state index in [-0.39, 0.29) is 0 Å². The summed E-state index contributed by atoms with van der Waals surface area (Å²) in [5, 5.41) is 1.47. The predicted molar refractivity (Wildman–Crippen MR) is 61.7 cm³/mol. The molecule has 0 spiro atoms. The second-order valence-electron chi connectivity index (χ2n) is 3.30. The van der Waals surface area contributed by atoms with Gasteiger partial charge in [0.15, 0.2) is 0 Å². The molecule has 0 aliphatic rings. The predicted octanol–water partition coefficient (Wildman–Crippen LogP) is 2.47. The summed E-state index contributed by atoms with van der Waals surface area (Å²) in [6, 6.07) is 5.53. The van der Waals surface area contributed by atoms with Crippen LogP contribution in [0.15, 0.2) is 43.0 Å². The number of nitrogens with zero attached hydrogens (tertiary/aromatic N) is 4. The summed E-state index contributed by atoms with van der Waals surface area (Å²) in [7, 11) is 0. The lowest BCUT2D eigenvalue weighted by Gasteiger charge is -2.02. The monoisotopic (exact) mass is 230 g/mol. The van der Waals surface area contributed by atoms with Crippen LogP contribution in [0.25, 0.3) is 16.9 Å². The number of pyridine rings is 1. The van der Waals surface area contributed by atoms with Crippen molar-refractivity contribution in [3.63, 3.8) is 0 Å². The molecule has 16 heavy (non-hydrogen) atoms. The zero-order valence-corrected chi connectivity index (χ0v) is 8.96. The third-order valence-corrected chi connectivity index (χ3v) is 2.52. The number of fused-ring (bicyclic) bond motifs is 1. The van der Waals surface area contributed by atoms with Crippen molar-refractivity contribution >= 4 is 22.5 Å². The van der Waals surface area contributed by atoms with E-state index in [1.54, 1.807) is 30.7 Å². The minimum Gasteiger partial charge on any atom is -0.285 e. The summed E-state index contributed by atoms with van der Waals surface area (Å²) in [5.74, 6) is 0.625. The lowest BCUT2D eigenvalue weighted by atomic mass is 10.3. The molecule has 0 aliphatic carbocycles. The molecule has 5 heteroatoms. The normalized spacial score (nSPS) is 10.8. The molecule has 0 radical (unpaired) electrons. The van der Waals surface area contributed by atoms with E-state index < -0.39 is 0 Å². The Morgan fingerprint density at radius 2 is 1.94 bits per heavy atom. The van der Waals surface area contributed by atoms with Crippen LogP contribution < -0.4 is 0 Å². The molecule has 0 aromatic carbocycles. The van der Waals surface area contributed by atoms with Crippen molar-refractivity contribution in [3.05, 3.63) is 48.1 Å². The van der Waals surface area contributed by atoms with Gasteiger partial charge in [0, 0.05) is 36.2 Å². The molecule has 0 saturated carbocycles. The van der Waals surface area contributed by atoms with Crippen LogP contribution in [0.3, 0.4) is 0 Å². The van der Waals surface area contributed by atoms with Gasteiger partial charge >= 0.3 is 0 Å². The molecule has 0 bridgehead atoms. The SMILES string of the molecule is Clc1cc2c(ccn2-c2ncccn2)cn1. The van der Waals surface area contributed by atoms with Crippen molar-refractivity contribution in [2.45, 2.75) is 0 Å².